The first-order valence-corrected chi connectivity index (χ1v) is 6.69. The summed E-state index contributed by atoms with van der Waals surface area (Å²) in [6.07, 6.45) is 0. The summed E-state index contributed by atoms with van der Waals surface area (Å²) >= 11 is 0. The molecule has 0 aliphatic heterocycles. The minimum atomic E-state index is -1.71. The third kappa shape index (κ3) is 1.93. The zero-order chi connectivity index (χ0) is 13.3. The molecular weight excluding hydrogens is 254 g/mol. The van der Waals surface area contributed by atoms with E-state index in [0.717, 1.165) is 0 Å². The molecule has 1 heterocycles. The maximum absolute atomic E-state index is 12.0. The van der Waals surface area contributed by atoms with Gasteiger partial charge in [-0.05, 0) is 12.1 Å². The van der Waals surface area contributed by atoms with Gasteiger partial charge in [-0.25, -0.2) is 0 Å². The molecule has 0 spiro atoms. The van der Waals surface area contributed by atoms with Crippen molar-refractivity contribution in [3.63, 3.8) is 0 Å². The maximum Gasteiger partial charge on any atom is 0.270 e. The number of para-hydroxylation sites is 1. The number of nitrogens with zero attached hydrogens (tertiary/aromatic N) is 1. The highest BCUT2D eigenvalue weighted by Crippen LogP contribution is 2.27. The summed E-state index contributed by atoms with van der Waals surface area (Å²) < 4.78 is 13.2. The third-order valence-corrected chi connectivity index (χ3v) is 4.12. The Bertz CT molecular complexity index is 678. The first kappa shape index (κ1) is 12.8. The molecule has 2 N–H and O–H groups in total. The Morgan fingerprint density at radius 1 is 1.33 bits per heavy atom. The quantitative estimate of drug-likeness (QED) is 0.840. The first-order valence-electron chi connectivity index (χ1n) is 5.38. The molecule has 0 saturated heterocycles. The van der Waals surface area contributed by atoms with Crippen LogP contribution >= 0.6 is 0 Å². The summed E-state index contributed by atoms with van der Waals surface area (Å²) in [7, 11) is -0.147. The van der Waals surface area contributed by atoms with Gasteiger partial charge in [0.15, 0.2) is 0 Å². The topological polar surface area (TPSA) is 79.5 Å². The Morgan fingerprint density at radius 3 is 2.67 bits per heavy atom. The van der Waals surface area contributed by atoms with Crippen molar-refractivity contribution in [2.75, 3.05) is 12.4 Å². The Hall–Kier alpha value is -1.66. The van der Waals surface area contributed by atoms with Gasteiger partial charge in [0.1, 0.15) is 10.6 Å². The van der Waals surface area contributed by atoms with E-state index in [4.69, 9.17) is 5.11 Å². The molecule has 0 amide bonds. The lowest BCUT2D eigenvalue weighted by Crippen LogP contribution is -2.23. The Balaban J connectivity index is 2.83. The van der Waals surface area contributed by atoms with Crippen LogP contribution in [0.25, 0.3) is 10.9 Å². The molecule has 0 radical (unpaired) electrons. The normalized spacial score (nSPS) is 12.8. The largest absolute Gasteiger partial charge is 0.506 e. The summed E-state index contributed by atoms with van der Waals surface area (Å²) in [4.78, 5) is 11.9. The number of fused-ring (bicyclic) bond motifs is 1. The lowest BCUT2D eigenvalue weighted by atomic mass is 10.2. The predicted octanol–water partition coefficient (Wildman–Crippen LogP) is 0.344. The molecule has 18 heavy (non-hydrogen) atoms. The molecular formula is C12H13NO4S. The third-order valence-electron chi connectivity index (χ3n) is 2.74. The van der Waals surface area contributed by atoms with Crippen LogP contribution in [0.15, 0.2) is 34.0 Å². The summed E-state index contributed by atoms with van der Waals surface area (Å²) in [5.41, 5.74) is 0.0720. The number of benzene rings is 1. The fourth-order valence-corrected chi connectivity index (χ4v) is 2.87. The minimum Gasteiger partial charge on any atom is -0.506 e. The van der Waals surface area contributed by atoms with Gasteiger partial charge in [-0.3, -0.25) is 9.00 Å². The fourth-order valence-electron chi connectivity index (χ4n) is 1.84. The average molecular weight is 267 g/mol. The van der Waals surface area contributed by atoms with E-state index in [9.17, 15) is 14.1 Å². The summed E-state index contributed by atoms with van der Waals surface area (Å²) in [5.74, 6) is -0.332. The molecule has 1 unspecified atom stereocenters. The zero-order valence-corrected chi connectivity index (χ0v) is 10.6. The Labute approximate surface area is 106 Å². The van der Waals surface area contributed by atoms with E-state index in [1.54, 1.807) is 31.3 Å². The van der Waals surface area contributed by atoms with Gasteiger partial charge >= 0.3 is 0 Å². The van der Waals surface area contributed by atoms with E-state index in [2.05, 4.69) is 0 Å². The van der Waals surface area contributed by atoms with E-state index < -0.39 is 16.4 Å². The predicted molar refractivity (Wildman–Crippen MR) is 69.2 cm³/mol. The van der Waals surface area contributed by atoms with Gasteiger partial charge in [0, 0.05) is 12.4 Å². The molecule has 1 atom stereocenters. The zero-order valence-electron chi connectivity index (χ0n) is 9.79. The fraction of sp³-hybridized carbons (Fsp3) is 0.250. The van der Waals surface area contributed by atoms with Crippen molar-refractivity contribution in [2.24, 2.45) is 7.05 Å². The molecule has 0 fully saturated rings. The minimum absolute atomic E-state index is 0.0683. The van der Waals surface area contributed by atoms with Crippen LogP contribution in [0.2, 0.25) is 0 Å². The second-order valence-electron chi connectivity index (χ2n) is 3.83. The number of aliphatic hydroxyl groups excluding tert-OH is 1. The van der Waals surface area contributed by atoms with E-state index in [1.165, 1.54) is 4.57 Å². The van der Waals surface area contributed by atoms with Crippen molar-refractivity contribution in [2.45, 2.75) is 4.90 Å². The summed E-state index contributed by atoms with van der Waals surface area (Å²) in [6.45, 7) is -0.304. The highest BCUT2D eigenvalue weighted by molar-refractivity contribution is 7.85. The number of hydrogen-bond acceptors (Lipinski definition) is 4. The molecule has 5 nitrogen and oxygen atoms in total. The van der Waals surface area contributed by atoms with Crippen LogP contribution < -0.4 is 5.56 Å². The molecule has 0 saturated carbocycles. The molecule has 1 aromatic carbocycles. The van der Waals surface area contributed by atoms with Gasteiger partial charge in [-0.2, -0.15) is 0 Å². The van der Waals surface area contributed by atoms with Crippen molar-refractivity contribution < 1.29 is 14.4 Å². The van der Waals surface area contributed by atoms with Crippen molar-refractivity contribution in [1.82, 2.24) is 4.57 Å². The van der Waals surface area contributed by atoms with E-state index >= 15 is 0 Å². The van der Waals surface area contributed by atoms with Crippen LogP contribution in [0.3, 0.4) is 0 Å². The maximum atomic E-state index is 12.0. The van der Waals surface area contributed by atoms with Crippen molar-refractivity contribution in [3.8, 4) is 5.75 Å². The highest BCUT2D eigenvalue weighted by Gasteiger charge is 2.19. The monoisotopic (exact) mass is 267 g/mol. The lowest BCUT2D eigenvalue weighted by molar-refractivity contribution is 0.321. The van der Waals surface area contributed by atoms with Gasteiger partial charge < -0.3 is 14.8 Å². The van der Waals surface area contributed by atoms with Crippen LogP contribution in [0.4, 0.5) is 0 Å². The summed E-state index contributed by atoms with van der Waals surface area (Å²) in [6, 6.07) is 6.84. The molecule has 2 aromatic rings. The van der Waals surface area contributed by atoms with Crippen molar-refractivity contribution in [1.29, 1.82) is 0 Å². The average Bonchev–Trinajstić information content (AvgIpc) is 2.37. The smallest absolute Gasteiger partial charge is 0.270 e. The second kappa shape index (κ2) is 4.91. The first-order chi connectivity index (χ1) is 8.57. The number of pyridine rings is 1. The van der Waals surface area contributed by atoms with Gasteiger partial charge in [-0.1, -0.05) is 12.1 Å². The molecule has 2 rings (SSSR count). The van der Waals surface area contributed by atoms with E-state index in [1.807, 2.05) is 0 Å². The highest BCUT2D eigenvalue weighted by atomic mass is 32.2. The van der Waals surface area contributed by atoms with E-state index in [-0.39, 0.29) is 23.0 Å². The number of aromatic hydroxyl groups is 1. The second-order valence-corrected chi connectivity index (χ2v) is 5.34. The Kier molecular flexibility index (Phi) is 3.49. The van der Waals surface area contributed by atoms with Crippen molar-refractivity contribution >= 4 is 21.7 Å². The number of aliphatic hydroxyl groups is 1. The molecule has 6 heteroatoms. The van der Waals surface area contributed by atoms with Crippen LogP contribution in [-0.2, 0) is 17.8 Å². The SMILES string of the molecule is Cn1c(=O)c(S(=O)CCO)c(O)c2ccccc21. The van der Waals surface area contributed by atoms with Gasteiger partial charge in [0.05, 0.1) is 28.7 Å². The van der Waals surface area contributed by atoms with Gasteiger partial charge in [0.25, 0.3) is 5.56 Å². The van der Waals surface area contributed by atoms with Crippen LogP contribution in [0.1, 0.15) is 0 Å². The van der Waals surface area contributed by atoms with Crippen LogP contribution in [-0.4, -0.2) is 31.3 Å². The van der Waals surface area contributed by atoms with Gasteiger partial charge in [-0.15, -0.1) is 0 Å². The van der Waals surface area contributed by atoms with E-state index in [0.29, 0.717) is 10.9 Å². The van der Waals surface area contributed by atoms with Crippen LogP contribution in [0.5, 0.6) is 5.75 Å². The molecule has 96 valence electrons. The lowest BCUT2D eigenvalue weighted by Gasteiger charge is -2.10. The molecule has 0 aliphatic carbocycles. The molecule has 0 bridgehead atoms. The molecule has 1 aromatic heterocycles. The molecule has 0 aliphatic rings. The summed E-state index contributed by atoms with van der Waals surface area (Å²) in [5, 5.41) is 19.3. The Morgan fingerprint density at radius 2 is 2.00 bits per heavy atom. The number of aromatic nitrogens is 1. The van der Waals surface area contributed by atoms with Crippen LogP contribution in [0, 0.1) is 0 Å². The standard InChI is InChI=1S/C12H13NO4S/c1-13-9-5-3-2-4-8(9)10(15)11(12(13)16)18(17)7-6-14/h2-5,14-15H,6-7H2,1H3. The van der Waals surface area contributed by atoms with Crippen molar-refractivity contribution in [3.05, 3.63) is 34.6 Å². The number of rotatable bonds is 3. The number of aryl methyl sites for hydroxylation is 1. The number of hydrogen-bond donors (Lipinski definition) is 2. The van der Waals surface area contributed by atoms with Gasteiger partial charge in [0.2, 0.25) is 0 Å².